The van der Waals surface area contributed by atoms with E-state index < -0.39 is 0 Å². The molecular weight excluding hydrogens is 382 g/mol. The van der Waals surface area contributed by atoms with Crippen molar-refractivity contribution in [1.82, 2.24) is 15.0 Å². The maximum absolute atomic E-state index is 8.12. The highest BCUT2D eigenvalue weighted by atomic mass is 16.5. The summed E-state index contributed by atoms with van der Waals surface area (Å²) in [4.78, 5) is 29.5. The van der Waals surface area contributed by atoms with Crippen molar-refractivity contribution in [2.24, 2.45) is 0 Å². The molecule has 0 aliphatic heterocycles. The van der Waals surface area contributed by atoms with Gasteiger partial charge in [-0.15, -0.1) is 0 Å². The molecule has 3 aromatic rings. The van der Waals surface area contributed by atoms with Gasteiger partial charge in [0.1, 0.15) is 5.75 Å². The van der Waals surface area contributed by atoms with Gasteiger partial charge in [-0.1, -0.05) is 6.07 Å². The van der Waals surface area contributed by atoms with Gasteiger partial charge in [0, 0.05) is 29.8 Å². The predicted octanol–water partition coefficient (Wildman–Crippen LogP) is 3.44. The summed E-state index contributed by atoms with van der Waals surface area (Å²) in [5.74, 6) is 1.53. The molecule has 156 valence electrons. The Kier molecular flexibility index (Phi) is 6.93. The SMILES string of the molecule is Cc1cnc(NC2CCC(Oc3cccc4nc(C)cc(N)c34)CC2)nc1.O=C=O. The number of nitrogen functional groups attached to an aromatic ring is 1. The second-order valence-electron chi connectivity index (χ2n) is 7.41. The summed E-state index contributed by atoms with van der Waals surface area (Å²) in [6, 6.07) is 8.23. The van der Waals surface area contributed by atoms with Crippen LogP contribution in [-0.2, 0) is 9.59 Å². The number of carbonyl (C=O) groups excluding carboxylic acids is 2. The van der Waals surface area contributed by atoms with E-state index in [9.17, 15) is 0 Å². The number of pyridine rings is 1. The number of nitrogens with zero attached hydrogens (tertiary/aromatic N) is 3. The third-order valence-corrected chi connectivity index (χ3v) is 5.04. The number of aromatic nitrogens is 3. The van der Waals surface area contributed by atoms with Crippen LogP contribution < -0.4 is 15.8 Å². The van der Waals surface area contributed by atoms with E-state index in [-0.39, 0.29) is 12.3 Å². The van der Waals surface area contributed by atoms with Crippen LogP contribution in [0.25, 0.3) is 10.9 Å². The lowest BCUT2D eigenvalue weighted by Crippen LogP contribution is -2.31. The van der Waals surface area contributed by atoms with Crippen molar-refractivity contribution in [2.45, 2.75) is 51.7 Å². The van der Waals surface area contributed by atoms with Gasteiger partial charge < -0.3 is 15.8 Å². The molecule has 4 rings (SSSR count). The van der Waals surface area contributed by atoms with Crippen molar-refractivity contribution in [1.29, 1.82) is 0 Å². The second kappa shape index (κ2) is 9.80. The molecule has 2 aromatic heterocycles. The van der Waals surface area contributed by atoms with E-state index in [0.29, 0.717) is 12.0 Å². The number of nitrogens with two attached hydrogens (primary N) is 1. The van der Waals surface area contributed by atoms with Crippen LogP contribution >= 0.6 is 0 Å². The van der Waals surface area contributed by atoms with Crippen LogP contribution in [0.2, 0.25) is 0 Å². The van der Waals surface area contributed by atoms with Gasteiger partial charge in [0.05, 0.1) is 17.0 Å². The molecule has 1 aliphatic carbocycles. The molecule has 0 amide bonds. The Hall–Kier alpha value is -3.51. The van der Waals surface area contributed by atoms with E-state index in [4.69, 9.17) is 20.1 Å². The van der Waals surface area contributed by atoms with Crippen molar-refractivity contribution >= 4 is 28.7 Å². The summed E-state index contributed by atoms with van der Waals surface area (Å²) in [6.07, 6.45) is 8.14. The molecule has 1 aromatic carbocycles. The lowest BCUT2D eigenvalue weighted by atomic mass is 9.93. The van der Waals surface area contributed by atoms with Gasteiger partial charge in [0.2, 0.25) is 5.95 Å². The Labute approximate surface area is 174 Å². The van der Waals surface area contributed by atoms with Crippen molar-refractivity contribution in [3.05, 3.63) is 47.9 Å². The summed E-state index contributed by atoms with van der Waals surface area (Å²) >= 11 is 0. The average Bonchev–Trinajstić information content (AvgIpc) is 2.71. The molecule has 1 aliphatic rings. The molecule has 2 heterocycles. The first-order valence-electron chi connectivity index (χ1n) is 9.87. The smallest absolute Gasteiger partial charge is 0.373 e. The van der Waals surface area contributed by atoms with E-state index in [1.54, 1.807) is 0 Å². The van der Waals surface area contributed by atoms with Gasteiger partial charge in [-0.3, -0.25) is 4.98 Å². The Bertz CT molecular complexity index is 1020. The number of hydrogen-bond acceptors (Lipinski definition) is 8. The third-order valence-electron chi connectivity index (χ3n) is 5.04. The van der Waals surface area contributed by atoms with Crippen LogP contribution in [0, 0.1) is 13.8 Å². The van der Waals surface area contributed by atoms with Gasteiger partial charge in [-0.2, -0.15) is 9.59 Å². The molecule has 3 N–H and O–H groups in total. The summed E-state index contributed by atoms with van der Waals surface area (Å²) in [5.41, 5.74) is 9.83. The van der Waals surface area contributed by atoms with Gasteiger partial charge in [0.25, 0.3) is 0 Å². The average molecular weight is 407 g/mol. The number of benzene rings is 1. The monoisotopic (exact) mass is 407 g/mol. The summed E-state index contributed by atoms with van der Waals surface area (Å²) < 4.78 is 6.32. The Morgan fingerprint density at radius 2 is 1.77 bits per heavy atom. The minimum atomic E-state index is 0.188. The molecule has 0 radical (unpaired) electrons. The number of hydrogen-bond donors (Lipinski definition) is 2. The van der Waals surface area contributed by atoms with Crippen molar-refractivity contribution in [3.8, 4) is 5.75 Å². The molecule has 8 heteroatoms. The third kappa shape index (κ3) is 5.30. The van der Waals surface area contributed by atoms with Crippen LogP contribution in [0.5, 0.6) is 5.75 Å². The highest BCUT2D eigenvalue weighted by molar-refractivity contribution is 5.95. The molecular formula is C22H25N5O3. The van der Waals surface area contributed by atoms with E-state index in [0.717, 1.165) is 59.3 Å². The summed E-state index contributed by atoms with van der Waals surface area (Å²) in [7, 11) is 0. The van der Waals surface area contributed by atoms with E-state index in [1.165, 1.54) is 0 Å². The van der Waals surface area contributed by atoms with Crippen LogP contribution in [0.1, 0.15) is 36.9 Å². The standard InChI is InChI=1S/C21H25N5O.CO2/c1-13-11-23-21(24-12-13)26-15-6-8-16(9-7-15)27-19-5-3-4-18-20(19)17(22)10-14(2)25-18;2-1-3/h3-5,10-12,15-16H,6-9H2,1-2H3,(H2,22,25)(H,23,24,26);. The molecule has 0 atom stereocenters. The van der Waals surface area contributed by atoms with Crippen LogP contribution in [0.3, 0.4) is 0 Å². The molecule has 1 saturated carbocycles. The summed E-state index contributed by atoms with van der Waals surface area (Å²) in [5, 5.41) is 4.34. The van der Waals surface area contributed by atoms with Crippen LogP contribution in [-0.4, -0.2) is 33.2 Å². The number of nitrogens with one attached hydrogen (secondary N) is 1. The first kappa shape index (κ1) is 21.2. The first-order chi connectivity index (χ1) is 14.5. The van der Waals surface area contributed by atoms with Crippen LogP contribution in [0.4, 0.5) is 11.6 Å². The number of ether oxygens (including phenoxy) is 1. The molecule has 0 saturated heterocycles. The Balaban J connectivity index is 0.000000806. The maximum atomic E-state index is 8.12. The largest absolute Gasteiger partial charge is 0.490 e. The van der Waals surface area contributed by atoms with Gasteiger partial charge >= 0.3 is 6.15 Å². The van der Waals surface area contributed by atoms with Gasteiger partial charge in [-0.25, -0.2) is 9.97 Å². The fourth-order valence-electron chi connectivity index (χ4n) is 3.67. The van der Waals surface area contributed by atoms with Crippen molar-refractivity contribution in [2.75, 3.05) is 11.1 Å². The fourth-order valence-corrected chi connectivity index (χ4v) is 3.67. The Morgan fingerprint density at radius 3 is 2.43 bits per heavy atom. The van der Waals surface area contributed by atoms with Gasteiger partial charge in [0.15, 0.2) is 0 Å². The predicted molar refractivity (Wildman–Crippen MR) is 113 cm³/mol. The zero-order valence-electron chi connectivity index (χ0n) is 17.1. The first-order valence-corrected chi connectivity index (χ1v) is 9.87. The maximum Gasteiger partial charge on any atom is 0.373 e. The number of aryl methyl sites for hydroxylation is 2. The van der Waals surface area contributed by atoms with E-state index >= 15 is 0 Å². The van der Waals surface area contributed by atoms with Crippen molar-refractivity contribution in [3.63, 3.8) is 0 Å². The van der Waals surface area contributed by atoms with Crippen LogP contribution in [0.15, 0.2) is 36.7 Å². The molecule has 30 heavy (non-hydrogen) atoms. The molecule has 1 fully saturated rings. The highest BCUT2D eigenvalue weighted by Gasteiger charge is 2.23. The topological polar surface area (TPSA) is 120 Å². The van der Waals surface area contributed by atoms with E-state index in [2.05, 4.69) is 20.3 Å². The highest BCUT2D eigenvalue weighted by Crippen LogP contribution is 2.33. The molecule has 0 bridgehead atoms. The minimum absolute atomic E-state index is 0.188. The fraction of sp³-hybridized carbons (Fsp3) is 0.364. The zero-order valence-corrected chi connectivity index (χ0v) is 17.1. The Morgan fingerprint density at radius 1 is 1.10 bits per heavy atom. The van der Waals surface area contributed by atoms with E-state index in [1.807, 2.05) is 50.5 Å². The van der Waals surface area contributed by atoms with Crippen molar-refractivity contribution < 1.29 is 14.3 Å². The molecule has 0 spiro atoms. The minimum Gasteiger partial charge on any atom is -0.490 e. The van der Waals surface area contributed by atoms with Gasteiger partial charge in [-0.05, 0) is 63.3 Å². The normalized spacial score (nSPS) is 18.1. The molecule has 8 nitrogen and oxygen atoms in total. The number of fused-ring (bicyclic) bond motifs is 1. The zero-order chi connectivity index (χ0) is 21.5. The quantitative estimate of drug-likeness (QED) is 0.675. The lowest BCUT2D eigenvalue weighted by molar-refractivity contribution is -0.191. The lowest BCUT2D eigenvalue weighted by Gasteiger charge is -2.30. The second-order valence-corrected chi connectivity index (χ2v) is 7.41. The number of anilines is 2. The molecule has 0 unspecified atom stereocenters. The number of rotatable bonds is 4. The summed E-state index contributed by atoms with van der Waals surface area (Å²) in [6.45, 7) is 3.94.